The number of piperazine rings is 1. The van der Waals surface area contributed by atoms with Crippen molar-refractivity contribution in [3.8, 4) is 0 Å². The van der Waals surface area contributed by atoms with Gasteiger partial charge in [-0.15, -0.1) is 0 Å². The van der Waals surface area contributed by atoms with Crippen LogP contribution in [-0.4, -0.2) is 83.8 Å². The van der Waals surface area contributed by atoms with Crippen LogP contribution in [0.2, 0.25) is 0 Å². The Labute approximate surface area is 182 Å². The van der Waals surface area contributed by atoms with E-state index in [-0.39, 0.29) is 24.1 Å². The number of nitrogens with zero attached hydrogens (tertiary/aromatic N) is 3. The highest BCUT2D eigenvalue weighted by atomic mass is 16.2. The fourth-order valence-electron chi connectivity index (χ4n) is 5.34. The third-order valence-corrected chi connectivity index (χ3v) is 7.10. The summed E-state index contributed by atoms with van der Waals surface area (Å²) in [6, 6.07) is 6.17. The standard InChI is InChI=1S/C23H31N5O3/c29-21-6-5-20(22(30)25-21)28-14-17-12-16(3-4-19(17)23(28)31)13-26-8-10-27(11-9-26)15-18-2-1-7-24-18/h3-4,12,18,20,24H,1-2,5-11,13-15H2,(H,25,29,30)/t18-,20?/m1/s1. The molecule has 2 atom stereocenters. The van der Waals surface area contributed by atoms with Crippen molar-refractivity contribution in [3.05, 3.63) is 34.9 Å². The quantitative estimate of drug-likeness (QED) is 0.661. The van der Waals surface area contributed by atoms with Crippen molar-refractivity contribution in [2.24, 2.45) is 0 Å². The lowest BCUT2D eigenvalue weighted by Gasteiger charge is -2.36. The second-order valence-electron chi connectivity index (χ2n) is 9.26. The molecule has 0 saturated carbocycles. The van der Waals surface area contributed by atoms with Gasteiger partial charge in [-0.2, -0.15) is 0 Å². The van der Waals surface area contributed by atoms with Crippen LogP contribution in [0, 0.1) is 0 Å². The van der Waals surface area contributed by atoms with E-state index in [1.165, 1.54) is 18.4 Å². The fraction of sp³-hybridized carbons (Fsp3) is 0.609. The number of rotatable bonds is 5. The van der Waals surface area contributed by atoms with Gasteiger partial charge in [0.05, 0.1) is 0 Å². The van der Waals surface area contributed by atoms with E-state index in [2.05, 4.69) is 26.5 Å². The van der Waals surface area contributed by atoms with Gasteiger partial charge < -0.3 is 10.2 Å². The van der Waals surface area contributed by atoms with Gasteiger partial charge in [0.25, 0.3) is 5.91 Å². The minimum absolute atomic E-state index is 0.106. The first-order valence-electron chi connectivity index (χ1n) is 11.5. The Hall–Kier alpha value is -2.29. The molecule has 4 heterocycles. The van der Waals surface area contributed by atoms with E-state index in [0.29, 0.717) is 24.6 Å². The summed E-state index contributed by atoms with van der Waals surface area (Å²) in [5.41, 5.74) is 2.88. The Bertz CT molecular complexity index is 874. The van der Waals surface area contributed by atoms with Crippen LogP contribution in [-0.2, 0) is 22.7 Å². The topological polar surface area (TPSA) is 85.0 Å². The van der Waals surface area contributed by atoms with Gasteiger partial charge in [-0.1, -0.05) is 12.1 Å². The average Bonchev–Trinajstić information content (AvgIpc) is 3.37. The van der Waals surface area contributed by atoms with Crippen LogP contribution in [0.4, 0.5) is 0 Å². The van der Waals surface area contributed by atoms with Crippen LogP contribution in [0.1, 0.15) is 47.2 Å². The third-order valence-electron chi connectivity index (χ3n) is 7.10. The Kier molecular flexibility index (Phi) is 5.77. The van der Waals surface area contributed by atoms with Crippen molar-refractivity contribution in [1.29, 1.82) is 0 Å². The highest BCUT2D eigenvalue weighted by Crippen LogP contribution is 2.28. The Morgan fingerprint density at radius 3 is 2.55 bits per heavy atom. The normalized spacial score (nSPS) is 27.6. The molecule has 4 aliphatic rings. The zero-order valence-electron chi connectivity index (χ0n) is 17.9. The maximum atomic E-state index is 12.8. The van der Waals surface area contributed by atoms with E-state index >= 15 is 0 Å². The molecule has 166 valence electrons. The molecule has 31 heavy (non-hydrogen) atoms. The van der Waals surface area contributed by atoms with Crippen LogP contribution >= 0.6 is 0 Å². The lowest BCUT2D eigenvalue weighted by molar-refractivity contribution is -0.136. The van der Waals surface area contributed by atoms with Crippen LogP contribution in [0.5, 0.6) is 0 Å². The fourth-order valence-corrected chi connectivity index (χ4v) is 5.34. The molecule has 1 aromatic rings. The van der Waals surface area contributed by atoms with E-state index in [9.17, 15) is 14.4 Å². The monoisotopic (exact) mass is 425 g/mol. The first kappa shape index (κ1) is 20.6. The molecule has 2 N–H and O–H groups in total. The molecule has 0 spiro atoms. The third kappa shape index (κ3) is 4.37. The van der Waals surface area contributed by atoms with E-state index < -0.39 is 6.04 Å². The summed E-state index contributed by atoms with van der Waals surface area (Å²) in [6.45, 7) is 7.97. The maximum absolute atomic E-state index is 12.8. The van der Waals surface area contributed by atoms with Crippen molar-refractivity contribution in [1.82, 2.24) is 25.3 Å². The average molecular weight is 426 g/mol. The molecule has 3 saturated heterocycles. The van der Waals surface area contributed by atoms with Gasteiger partial charge in [-0.25, -0.2) is 0 Å². The SMILES string of the molecule is O=C1CCC(N2Cc3cc(CN4CCN(C[C@H]5CCCN5)CC4)ccc3C2=O)C(=O)N1. The molecule has 0 bridgehead atoms. The highest BCUT2D eigenvalue weighted by molar-refractivity contribution is 6.05. The predicted octanol–water partition coefficient (Wildman–Crippen LogP) is 0.317. The molecular weight excluding hydrogens is 394 g/mol. The summed E-state index contributed by atoms with van der Waals surface area (Å²) in [4.78, 5) is 43.1. The Morgan fingerprint density at radius 2 is 1.81 bits per heavy atom. The van der Waals surface area contributed by atoms with E-state index in [1.807, 2.05) is 12.1 Å². The number of carbonyl (C=O) groups excluding carboxylic acids is 3. The number of fused-ring (bicyclic) bond motifs is 1. The zero-order chi connectivity index (χ0) is 21.4. The molecule has 8 nitrogen and oxygen atoms in total. The number of piperidine rings is 1. The number of amides is 3. The number of hydrogen-bond acceptors (Lipinski definition) is 6. The molecule has 5 rings (SSSR count). The van der Waals surface area contributed by atoms with Crippen LogP contribution < -0.4 is 10.6 Å². The Morgan fingerprint density at radius 1 is 1.00 bits per heavy atom. The van der Waals surface area contributed by atoms with Gasteiger partial charge in [0.15, 0.2) is 0 Å². The number of benzene rings is 1. The number of imide groups is 1. The van der Waals surface area contributed by atoms with Gasteiger partial charge in [-0.05, 0) is 43.0 Å². The molecule has 1 unspecified atom stereocenters. The van der Waals surface area contributed by atoms with Crippen molar-refractivity contribution >= 4 is 17.7 Å². The first-order valence-corrected chi connectivity index (χ1v) is 11.5. The molecule has 3 amide bonds. The van der Waals surface area contributed by atoms with Crippen molar-refractivity contribution < 1.29 is 14.4 Å². The summed E-state index contributed by atoms with van der Waals surface area (Å²) >= 11 is 0. The second kappa shape index (κ2) is 8.68. The molecule has 1 aromatic carbocycles. The van der Waals surface area contributed by atoms with Crippen molar-refractivity contribution in [2.75, 3.05) is 39.3 Å². The minimum Gasteiger partial charge on any atom is -0.322 e. The van der Waals surface area contributed by atoms with Crippen LogP contribution in [0.3, 0.4) is 0 Å². The molecular formula is C23H31N5O3. The smallest absolute Gasteiger partial charge is 0.255 e. The number of hydrogen-bond donors (Lipinski definition) is 2. The number of carbonyl (C=O) groups is 3. The molecule has 8 heteroatoms. The molecule has 4 aliphatic heterocycles. The van der Waals surface area contributed by atoms with E-state index in [4.69, 9.17) is 0 Å². The predicted molar refractivity (Wildman–Crippen MR) is 115 cm³/mol. The second-order valence-corrected chi connectivity index (χ2v) is 9.26. The highest BCUT2D eigenvalue weighted by Gasteiger charge is 2.39. The lowest BCUT2D eigenvalue weighted by atomic mass is 10.0. The molecule has 0 aromatic heterocycles. The van der Waals surface area contributed by atoms with Gasteiger partial charge in [-0.3, -0.25) is 29.5 Å². The van der Waals surface area contributed by atoms with Gasteiger partial charge >= 0.3 is 0 Å². The summed E-state index contributed by atoms with van der Waals surface area (Å²) < 4.78 is 0. The van der Waals surface area contributed by atoms with Gasteiger partial charge in [0.2, 0.25) is 11.8 Å². The summed E-state index contributed by atoms with van der Waals surface area (Å²) in [5.74, 6) is -0.721. The summed E-state index contributed by atoms with van der Waals surface area (Å²) in [7, 11) is 0. The molecule has 0 aliphatic carbocycles. The van der Waals surface area contributed by atoms with Crippen LogP contribution in [0.15, 0.2) is 18.2 Å². The first-order chi connectivity index (χ1) is 15.1. The van der Waals surface area contributed by atoms with E-state index in [1.54, 1.807) is 4.90 Å². The minimum atomic E-state index is -0.552. The summed E-state index contributed by atoms with van der Waals surface area (Å²) in [6.07, 6.45) is 3.28. The van der Waals surface area contributed by atoms with Gasteiger partial charge in [0.1, 0.15) is 6.04 Å². The Balaban J connectivity index is 1.17. The largest absolute Gasteiger partial charge is 0.322 e. The summed E-state index contributed by atoms with van der Waals surface area (Å²) in [5, 5.41) is 5.94. The molecule has 3 fully saturated rings. The van der Waals surface area contributed by atoms with E-state index in [0.717, 1.165) is 51.4 Å². The zero-order valence-corrected chi connectivity index (χ0v) is 17.9. The lowest BCUT2D eigenvalue weighted by Crippen LogP contribution is -2.52. The van der Waals surface area contributed by atoms with Gasteiger partial charge in [0, 0.05) is 63.8 Å². The molecule has 0 radical (unpaired) electrons. The van der Waals surface area contributed by atoms with Crippen molar-refractivity contribution in [2.45, 2.75) is 50.9 Å². The maximum Gasteiger partial charge on any atom is 0.255 e. The van der Waals surface area contributed by atoms with Crippen LogP contribution in [0.25, 0.3) is 0 Å². The number of nitrogens with one attached hydrogen (secondary N) is 2. The van der Waals surface area contributed by atoms with Crippen molar-refractivity contribution in [3.63, 3.8) is 0 Å².